The monoisotopic (exact) mass is 460 g/mol. The second-order valence-electron chi connectivity index (χ2n) is 9.43. The number of carbonyl (C=O) groups is 1. The number of amides is 1. The van der Waals surface area contributed by atoms with Gasteiger partial charge in [-0.05, 0) is 69.5 Å². The summed E-state index contributed by atoms with van der Waals surface area (Å²) in [7, 11) is 0. The molecule has 3 unspecified atom stereocenters. The molecule has 1 N–H and O–H groups in total. The lowest BCUT2D eigenvalue weighted by Gasteiger charge is -2.25. The zero-order chi connectivity index (χ0) is 23.7. The van der Waals surface area contributed by atoms with Crippen LogP contribution in [0.4, 0.5) is 0 Å². The van der Waals surface area contributed by atoms with Crippen LogP contribution in [0.5, 0.6) is 5.75 Å². The van der Waals surface area contributed by atoms with Gasteiger partial charge in [0.15, 0.2) is 5.58 Å². The number of aromatic nitrogens is 1. The van der Waals surface area contributed by atoms with Crippen LogP contribution in [-0.2, 0) is 4.79 Å². The lowest BCUT2D eigenvalue weighted by Crippen LogP contribution is -2.36. The summed E-state index contributed by atoms with van der Waals surface area (Å²) in [6, 6.07) is 15.1. The molecule has 0 spiro atoms. The number of carbonyl (C=O) groups excluding carboxylic acids is 1. The number of ether oxygens (including phenoxy) is 1. The normalized spacial score (nSPS) is 23.2. The molecule has 1 fully saturated rings. The highest BCUT2D eigenvalue weighted by Crippen LogP contribution is 2.29. The van der Waals surface area contributed by atoms with Crippen LogP contribution in [0.2, 0.25) is 0 Å². The minimum Gasteiger partial charge on any atom is -0.492 e. The fraction of sp³-hybridized carbons (Fsp3) is 0.444. The van der Waals surface area contributed by atoms with Gasteiger partial charge in [0, 0.05) is 42.1 Å². The van der Waals surface area contributed by atoms with E-state index in [1.54, 1.807) is 0 Å². The number of rotatable bonds is 7. The maximum absolute atomic E-state index is 11.7. The van der Waals surface area contributed by atoms with Gasteiger partial charge in [0.1, 0.15) is 17.9 Å². The van der Waals surface area contributed by atoms with Crippen LogP contribution in [0.1, 0.15) is 52.0 Å². The topological polar surface area (TPSA) is 80.0 Å². The Kier molecular flexibility index (Phi) is 6.37. The first kappa shape index (κ1) is 22.6. The molecule has 3 heterocycles. The number of nitrogens with one attached hydrogen (secondary N) is 1. The van der Waals surface area contributed by atoms with E-state index in [0.717, 1.165) is 41.1 Å². The van der Waals surface area contributed by atoms with Crippen molar-refractivity contribution in [3.63, 3.8) is 0 Å². The molecular formula is C27H32N4O3. The number of hydrazone groups is 1. The minimum absolute atomic E-state index is 0.0359. The quantitative estimate of drug-likeness (QED) is 0.537. The summed E-state index contributed by atoms with van der Waals surface area (Å²) in [5.41, 5.74) is 6.84. The molecular weight excluding hydrogens is 428 g/mol. The average molecular weight is 461 g/mol. The third kappa shape index (κ3) is 4.57. The molecule has 0 radical (unpaired) electrons. The predicted octanol–water partition coefficient (Wildman–Crippen LogP) is 5.00. The summed E-state index contributed by atoms with van der Waals surface area (Å²) in [6.45, 7) is 8.30. The molecule has 2 aliphatic rings. The Morgan fingerprint density at radius 2 is 1.82 bits per heavy atom. The predicted molar refractivity (Wildman–Crippen MR) is 133 cm³/mol. The van der Waals surface area contributed by atoms with Crippen molar-refractivity contribution in [3.8, 4) is 17.2 Å². The summed E-state index contributed by atoms with van der Waals surface area (Å²) in [5, 5.41) is 4.31. The Hall–Kier alpha value is -3.19. The highest BCUT2D eigenvalue weighted by atomic mass is 16.5. The zero-order valence-electron chi connectivity index (χ0n) is 20.1. The minimum atomic E-state index is -0.0359. The molecule has 7 heteroatoms. The van der Waals surface area contributed by atoms with Gasteiger partial charge >= 0.3 is 0 Å². The van der Waals surface area contributed by atoms with Crippen molar-refractivity contribution in [2.24, 2.45) is 11.0 Å². The van der Waals surface area contributed by atoms with Crippen LogP contribution in [0.15, 0.2) is 52.0 Å². The number of likely N-dealkylation sites (tertiary alicyclic amines) is 1. The SMILES string of the molecule is CCC1CC(=O)NN=C1c1ccc2nc(-c3ccc(OCCN4C(C)CCC4C)cc3)oc2c1. The third-order valence-corrected chi connectivity index (χ3v) is 7.15. The Balaban J connectivity index is 1.27. The highest BCUT2D eigenvalue weighted by Gasteiger charge is 2.27. The van der Waals surface area contributed by atoms with Crippen LogP contribution in [0.25, 0.3) is 22.6 Å². The first-order valence-electron chi connectivity index (χ1n) is 12.3. The van der Waals surface area contributed by atoms with Crippen LogP contribution in [0.3, 0.4) is 0 Å². The lowest BCUT2D eigenvalue weighted by molar-refractivity contribution is -0.122. The number of oxazole rings is 1. The molecule has 178 valence electrons. The first-order chi connectivity index (χ1) is 16.5. The van der Waals surface area contributed by atoms with Gasteiger partial charge in [-0.1, -0.05) is 13.0 Å². The van der Waals surface area contributed by atoms with Crippen molar-refractivity contribution in [1.82, 2.24) is 15.3 Å². The van der Waals surface area contributed by atoms with Gasteiger partial charge in [-0.25, -0.2) is 10.4 Å². The van der Waals surface area contributed by atoms with Gasteiger partial charge in [0.25, 0.3) is 0 Å². The molecule has 3 atom stereocenters. The van der Waals surface area contributed by atoms with Crippen molar-refractivity contribution in [2.75, 3.05) is 13.2 Å². The second kappa shape index (κ2) is 9.58. The summed E-state index contributed by atoms with van der Waals surface area (Å²) in [6.07, 6.45) is 3.85. The smallest absolute Gasteiger partial charge is 0.240 e. The molecule has 5 rings (SSSR count). The molecule has 1 amide bonds. The van der Waals surface area contributed by atoms with Crippen LogP contribution < -0.4 is 10.2 Å². The number of nitrogens with zero attached hydrogens (tertiary/aromatic N) is 3. The molecule has 0 aliphatic carbocycles. The van der Waals surface area contributed by atoms with Gasteiger partial charge in [0.05, 0.1) is 5.71 Å². The Bertz CT molecular complexity index is 1190. The van der Waals surface area contributed by atoms with Crippen LogP contribution in [-0.4, -0.2) is 46.7 Å². The van der Waals surface area contributed by atoms with Crippen LogP contribution in [0, 0.1) is 5.92 Å². The van der Waals surface area contributed by atoms with Gasteiger partial charge in [-0.3, -0.25) is 9.69 Å². The molecule has 1 saturated heterocycles. The maximum Gasteiger partial charge on any atom is 0.240 e. The molecule has 0 saturated carbocycles. The molecule has 1 aromatic heterocycles. The van der Waals surface area contributed by atoms with Gasteiger partial charge < -0.3 is 9.15 Å². The third-order valence-electron chi connectivity index (χ3n) is 7.15. The second-order valence-corrected chi connectivity index (χ2v) is 9.43. The van der Waals surface area contributed by atoms with Gasteiger partial charge in [-0.2, -0.15) is 5.10 Å². The number of fused-ring (bicyclic) bond motifs is 1. The van der Waals surface area contributed by atoms with Crippen molar-refractivity contribution in [3.05, 3.63) is 48.0 Å². The van der Waals surface area contributed by atoms with E-state index in [4.69, 9.17) is 9.15 Å². The molecule has 34 heavy (non-hydrogen) atoms. The van der Waals surface area contributed by atoms with E-state index >= 15 is 0 Å². The Labute approximate surface area is 200 Å². The number of hydrogen-bond donors (Lipinski definition) is 1. The molecule has 3 aromatic rings. The Morgan fingerprint density at radius 1 is 1.09 bits per heavy atom. The summed E-state index contributed by atoms with van der Waals surface area (Å²) < 4.78 is 12.1. The zero-order valence-corrected chi connectivity index (χ0v) is 20.1. The van der Waals surface area contributed by atoms with E-state index in [1.165, 1.54) is 12.8 Å². The molecule has 0 bridgehead atoms. The van der Waals surface area contributed by atoms with Crippen molar-refractivity contribution < 1.29 is 13.9 Å². The molecule has 7 nitrogen and oxygen atoms in total. The fourth-order valence-electron chi connectivity index (χ4n) is 5.08. The van der Waals surface area contributed by atoms with Gasteiger partial charge in [-0.15, -0.1) is 0 Å². The lowest BCUT2D eigenvalue weighted by atomic mass is 9.90. The Morgan fingerprint density at radius 3 is 2.56 bits per heavy atom. The summed E-state index contributed by atoms with van der Waals surface area (Å²) in [4.78, 5) is 18.9. The van der Waals surface area contributed by atoms with Crippen molar-refractivity contribution in [1.29, 1.82) is 0 Å². The largest absolute Gasteiger partial charge is 0.492 e. The van der Waals surface area contributed by atoms with E-state index in [0.29, 0.717) is 36.6 Å². The molecule has 2 aromatic carbocycles. The van der Waals surface area contributed by atoms with Crippen molar-refractivity contribution in [2.45, 2.75) is 58.5 Å². The van der Waals surface area contributed by atoms with E-state index < -0.39 is 0 Å². The molecule has 2 aliphatic heterocycles. The van der Waals surface area contributed by atoms with Crippen LogP contribution >= 0.6 is 0 Å². The van der Waals surface area contributed by atoms with Crippen molar-refractivity contribution >= 4 is 22.7 Å². The number of benzene rings is 2. The van der Waals surface area contributed by atoms with E-state index in [9.17, 15) is 4.79 Å². The van der Waals surface area contributed by atoms with E-state index in [1.807, 2.05) is 42.5 Å². The van der Waals surface area contributed by atoms with E-state index in [2.05, 4.69) is 41.2 Å². The average Bonchev–Trinajstić information content (AvgIpc) is 3.42. The van der Waals surface area contributed by atoms with E-state index in [-0.39, 0.29) is 11.8 Å². The summed E-state index contributed by atoms with van der Waals surface area (Å²) in [5.74, 6) is 1.50. The summed E-state index contributed by atoms with van der Waals surface area (Å²) >= 11 is 0. The van der Waals surface area contributed by atoms with Gasteiger partial charge in [0.2, 0.25) is 11.8 Å². The highest BCUT2D eigenvalue weighted by molar-refractivity contribution is 6.07. The fourth-order valence-corrected chi connectivity index (χ4v) is 5.08. The first-order valence-corrected chi connectivity index (χ1v) is 12.3. The maximum atomic E-state index is 11.7. The standard InChI is InChI=1S/C27H32N4O3/c1-4-19-16-25(32)29-30-26(19)21-9-12-23-24(15-21)34-27(28-23)20-7-10-22(11-8-20)33-14-13-31-17(2)5-6-18(31)3/h7-12,15,17-19H,4-6,13-14,16H2,1-3H3,(H,29,32). The number of hydrogen-bond acceptors (Lipinski definition) is 6.